The predicted molar refractivity (Wildman–Crippen MR) is 137 cm³/mol. The van der Waals surface area contributed by atoms with Gasteiger partial charge in [-0.3, -0.25) is 9.59 Å². The smallest absolute Gasteiger partial charge is 0.245 e. The monoisotopic (exact) mass is 547 g/mol. The van der Waals surface area contributed by atoms with Gasteiger partial charge in [0, 0.05) is 42.1 Å². The van der Waals surface area contributed by atoms with E-state index in [4.69, 9.17) is 0 Å². The van der Waals surface area contributed by atoms with Gasteiger partial charge in [-0.25, -0.2) is 8.42 Å². The Morgan fingerprint density at radius 3 is 2.50 bits per heavy atom. The molecule has 0 bridgehead atoms. The lowest BCUT2D eigenvalue weighted by molar-refractivity contribution is -0.121. The van der Waals surface area contributed by atoms with Crippen molar-refractivity contribution >= 4 is 49.1 Å². The fourth-order valence-corrected chi connectivity index (χ4v) is 7.11. The summed E-state index contributed by atoms with van der Waals surface area (Å²) in [6.45, 7) is 6.76. The molecule has 0 aromatic heterocycles. The van der Waals surface area contributed by atoms with Crippen LogP contribution in [0.2, 0.25) is 0 Å². The predicted octanol–water partition coefficient (Wildman–Crippen LogP) is 4.40. The lowest BCUT2D eigenvalue weighted by Crippen LogP contribution is -2.42. The van der Waals surface area contributed by atoms with Gasteiger partial charge in [0.2, 0.25) is 21.8 Å². The number of hydrogen-bond acceptors (Lipinski definition) is 4. The molecule has 2 aromatic carbocycles. The largest absolute Gasteiger partial charge is 0.326 e. The van der Waals surface area contributed by atoms with Crippen molar-refractivity contribution in [2.24, 2.45) is 5.92 Å². The number of aryl methyl sites for hydroxylation is 1. The van der Waals surface area contributed by atoms with Gasteiger partial charge in [0.15, 0.2) is 0 Å². The van der Waals surface area contributed by atoms with E-state index in [1.807, 2.05) is 38.1 Å². The third-order valence-electron chi connectivity index (χ3n) is 6.90. The van der Waals surface area contributed by atoms with E-state index in [0.29, 0.717) is 42.4 Å². The number of rotatable bonds is 5. The second kappa shape index (κ2) is 9.79. The molecule has 7 nitrogen and oxygen atoms in total. The molecule has 182 valence electrons. The number of carbonyl (C=O) groups excluding carboxylic acids is 2. The molecular weight excluding hydrogens is 518 g/mol. The van der Waals surface area contributed by atoms with Crippen molar-refractivity contribution in [3.05, 3.63) is 51.5 Å². The zero-order chi connectivity index (χ0) is 24.6. The van der Waals surface area contributed by atoms with E-state index in [2.05, 4.69) is 21.2 Å². The number of nitrogens with zero attached hydrogens (tertiary/aromatic N) is 2. The molecule has 0 atom stereocenters. The molecule has 0 spiro atoms. The van der Waals surface area contributed by atoms with Gasteiger partial charge < -0.3 is 10.2 Å². The summed E-state index contributed by atoms with van der Waals surface area (Å²) >= 11 is 3.44. The summed E-state index contributed by atoms with van der Waals surface area (Å²) in [7, 11) is -3.83. The van der Waals surface area contributed by atoms with E-state index in [-0.39, 0.29) is 35.7 Å². The summed E-state index contributed by atoms with van der Waals surface area (Å²) in [6.07, 6.45) is 1.84. The number of hydrogen-bond donors (Lipinski definition) is 1. The van der Waals surface area contributed by atoms with Crippen molar-refractivity contribution in [3.63, 3.8) is 0 Å². The van der Waals surface area contributed by atoms with Crippen LogP contribution in [0.4, 0.5) is 11.4 Å². The molecular formula is C25H30BrN3O4S. The van der Waals surface area contributed by atoms with Gasteiger partial charge in [-0.1, -0.05) is 35.0 Å². The average Bonchev–Trinajstić information content (AvgIpc) is 3.24. The van der Waals surface area contributed by atoms with Crippen LogP contribution in [0.1, 0.15) is 42.9 Å². The van der Waals surface area contributed by atoms with Gasteiger partial charge in [-0.05, 0) is 68.0 Å². The Morgan fingerprint density at radius 2 is 1.82 bits per heavy atom. The highest BCUT2D eigenvalue weighted by atomic mass is 79.9. The van der Waals surface area contributed by atoms with E-state index in [0.717, 1.165) is 22.4 Å². The summed E-state index contributed by atoms with van der Waals surface area (Å²) in [4.78, 5) is 27.1. The highest BCUT2D eigenvalue weighted by Crippen LogP contribution is 2.39. The van der Waals surface area contributed by atoms with Crippen LogP contribution in [0.25, 0.3) is 0 Å². The van der Waals surface area contributed by atoms with Crippen molar-refractivity contribution in [3.8, 4) is 0 Å². The SMILES string of the molecule is CCC(=O)N1CCc2cc(Br)cc(S(=O)(=O)N3CCC(C(=O)Nc4cccc(C)c4C)CC3)c21. The summed E-state index contributed by atoms with van der Waals surface area (Å²) in [6, 6.07) is 9.28. The van der Waals surface area contributed by atoms with Crippen LogP contribution >= 0.6 is 15.9 Å². The topological polar surface area (TPSA) is 86.8 Å². The zero-order valence-electron chi connectivity index (χ0n) is 19.7. The van der Waals surface area contributed by atoms with Crippen LogP contribution < -0.4 is 10.2 Å². The molecule has 2 heterocycles. The van der Waals surface area contributed by atoms with Gasteiger partial charge in [0.05, 0.1) is 5.69 Å². The van der Waals surface area contributed by atoms with Gasteiger partial charge in [-0.2, -0.15) is 4.31 Å². The first kappa shape index (κ1) is 24.9. The lowest BCUT2D eigenvalue weighted by Gasteiger charge is -2.32. The van der Waals surface area contributed by atoms with Crippen LogP contribution in [-0.2, 0) is 26.0 Å². The fraction of sp³-hybridized carbons (Fsp3) is 0.440. The quantitative estimate of drug-likeness (QED) is 0.600. The second-order valence-corrected chi connectivity index (χ2v) is 11.8. The Bertz CT molecular complexity index is 1240. The number of benzene rings is 2. The van der Waals surface area contributed by atoms with Crippen LogP contribution in [-0.4, -0.2) is 44.2 Å². The van der Waals surface area contributed by atoms with Crippen LogP contribution in [0.15, 0.2) is 39.7 Å². The molecule has 1 fully saturated rings. The first-order chi connectivity index (χ1) is 16.1. The Hall–Kier alpha value is -2.23. The van der Waals surface area contributed by atoms with Crippen molar-refractivity contribution < 1.29 is 18.0 Å². The number of carbonyl (C=O) groups is 2. The standard InChI is InChI=1S/C25H30BrN3O4S/c1-4-23(30)29-13-10-19-14-20(26)15-22(24(19)29)34(32,33)28-11-8-18(9-12-28)25(31)27-21-7-5-6-16(2)17(21)3/h5-7,14-15,18H,4,8-13H2,1-3H3,(H,27,31). The number of halogens is 1. The first-order valence-corrected chi connectivity index (χ1v) is 13.9. The molecule has 4 rings (SSSR count). The van der Waals surface area contributed by atoms with Crippen LogP contribution in [0.5, 0.6) is 0 Å². The maximum absolute atomic E-state index is 13.7. The minimum absolute atomic E-state index is 0.0752. The van der Waals surface area contributed by atoms with Crippen molar-refractivity contribution in [1.82, 2.24) is 4.31 Å². The molecule has 0 aliphatic carbocycles. The summed E-state index contributed by atoms with van der Waals surface area (Å²) in [5, 5.41) is 3.01. The van der Waals surface area contributed by atoms with Gasteiger partial charge in [-0.15, -0.1) is 0 Å². The van der Waals surface area contributed by atoms with Crippen LogP contribution in [0.3, 0.4) is 0 Å². The zero-order valence-corrected chi connectivity index (χ0v) is 22.1. The molecule has 1 saturated heterocycles. The van der Waals surface area contributed by atoms with Crippen molar-refractivity contribution in [2.75, 3.05) is 29.9 Å². The number of sulfonamides is 1. The van der Waals surface area contributed by atoms with Crippen molar-refractivity contribution in [1.29, 1.82) is 0 Å². The number of anilines is 2. The van der Waals surface area contributed by atoms with Gasteiger partial charge in [0.1, 0.15) is 4.90 Å². The molecule has 1 N–H and O–H groups in total. The maximum atomic E-state index is 13.7. The third kappa shape index (κ3) is 4.65. The average molecular weight is 549 g/mol. The molecule has 34 heavy (non-hydrogen) atoms. The minimum Gasteiger partial charge on any atom is -0.326 e. The van der Waals surface area contributed by atoms with E-state index in [9.17, 15) is 18.0 Å². The van der Waals surface area contributed by atoms with E-state index >= 15 is 0 Å². The number of amides is 2. The number of nitrogens with one attached hydrogen (secondary N) is 1. The Morgan fingerprint density at radius 1 is 1.12 bits per heavy atom. The Labute approximate surface area is 209 Å². The lowest BCUT2D eigenvalue weighted by atomic mass is 9.97. The Kier molecular flexibility index (Phi) is 7.17. The molecule has 0 saturated carbocycles. The molecule has 0 radical (unpaired) electrons. The van der Waals surface area contributed by atoms with Gasteiger partial charge >= 0.3 is 0 Å². The van der Waals surface area contributed by atoms with E-state index in [1.165, 1.54) is 4.31 Å². The van der Waals surface area contributed by atoms with Gasteiger partial charge in [0.25, 0.3) is 0 Å². The molecule has 9 heteroatoms. The maximum Gasteiger partial charge on any atom is 0.245 e. The number of fused-ring (bicyclic) bond motifs is 1. The molecule has 2 aromatic rings. The molecule has 2 amide bonds. The molecule has 2 aliphatic heterocycles. The summed E-state index contributed by atoms with van der Waals surface area (Å²) in [5.74, 6) is -0.411. The normalized spacial score (nSPS) is 17.0. The highest BCUT2D eigenvalue weighted by molar-refractivity contribution is 9.10. The molecule has 0 unspecified atom stereocenters. The fourth-order valence-electron chi connectivity index (χ4n) is 4.72. The van der Waals surface area contributed by atoms with E-state index in [1.54, 1.807) is 17.9 Å². The Balaban J connectivity index is 1.51. The van der Waals surface area contributed by atoms with Crippen LogP contribution in [0, 0.1) is 19.8 Å². The first-order valence-electron chi connectivity index (χ1n) is 11.6. The minimum atomic E-state index is -3.83. The number of piperidine rings is 1. The van der Waals surface area contributed by atoms with Crippen molar-refractivity contribution in [2.45, 2.75) is 51.3 Å². The second-order valence-electron chi connectivity index (χ2n) is 8.98. The molecule has 2 aliphatic rings. The van der Waals surface area contributed by atoms with E-state index < -0.39 is 10.0 Å². The summed E-state index contributed by atoms with van der Waals surface area (Å²) in [5.41, 5.74) is 4.30. The summed E-state index contributed by atoms with van der Waals surface area (Å²) < 4.78 is 29.5. The highest BCUT2D eigenvalue weighted by Gasteiger charge is 2.37. The third-order valence-corrected chi connectivity index (χ3v) is 9.27.